The number of benzene rings is 2. The number of sulfonamides is 1. The summed E-state index contributed by atoms with van der Waals surface area (Å²) in [6.07, 6.45) is 0.943. The van der Waals surface area contributed by atoms with Gasteiger partial charge in [0.15, 0.2) is 11.5 Å². The van der Waals surface area contributed by atoms with Gasteiger partial charge in [0.05, 0.1) is 4.90 Å². The highest BCUT2D eigenvalue weighted by Crippen LogP contribution is 2.35. The minimum atomic E-state index is -3.59. The van der Waals surface area contributed by atoms with Gasteiger partial charge in [0.1, 0.15) is 0 Å². The summed E-state index contributed by atoms with van der Waals surface area (Å²) in [5, 5.41) is 3.00. The fourth-order valence-electron chi connectivity index (χ4n) is 4.17. The van der Waals surface area contributed by atoms with Gasteiger partial charge >= 0.3 is 0 Å². The summed E-state index contributed by atoms with van der Waals surface area (Å²) < 4.78 is 38.5. The summed E-state index contributed by atoms with van der Waals surface area (Å²) >= 11 is 0. The van der Waals surface area contributed by atoms with Gasteiger partial charge in [0.2, 0.25) is 22.7 Å². The van der Waals surface area contributed by atoms with E-state index in [0.29, 0.717) is 48.9 Å². The van der Waals surface area contributed by atoms with Gasteiger partial charge in [-0.3, -0.25) is 4.79 Å². The Balaban J connectivity index is 1.36. The number of carbonyl (C=O) groups is 1. The van der Waals surface area contributed by atoms with Gasteiger partial charge in [0.25, 0.3) is 0 Å². The van der Waals surface area contributed by atoms with E-state index >= 15 is 0 Å². The Morgan fingerprint density at radius 3 is 2.30 bits per heavy atom. The van der Waals surface area contributed by atoms with Gasteiger partial charge in [-0.2, -0.15) is 4.31 Å². The highest BCUT2D eigenvalue weighted by Gasteiger charge is 2.40. The van der Waals surface area contributed by atoms with E-state index in [1.807, 2.05) is 37.3 Å². The molecule has 0 unspecified atom stereocenters. The maximum atomic E-state index is 13.1. The van der Waals surface area contributed by atoms with E-state index in [4.69, 9.17) is 9.47 Å². The number of ether oxygens (including phenoxy) is 2. The molecule has 1 N–H and O–H groups in total. The van der Waals surface area contributed by atoms with Crippen molar-refractivity contribution in [1.82, 2.24) is 9.62 Å². The lowest BCUT2D eigenvalue weighted by Crippen LogP contribution is -2.48. The minimum absolute atomic E-state index is 0.0385. The lowest BCUT2D eigenvalue weighted by atomic mass is 9.80. The number of hydrogen-bond donors (Lipinski definition) is 1. The predicted octanol–water partition coefficient (Wildman–Crippen LogP) is 3.82. The molecule has 1 saturated heterocycles. The van der Waals surface area contributed by atoms with Gasteiger partial charge in [-0.1, -0.05) is 45.9 Å². The maximum Gasteiger partial charge on any atom is 0.243 e. The van der Waals surface area contributed by atoms with E-state index in [9.17, 15) is 13.2 Å². The molecule has 0 aromatic heterocycles. The third-order valence-corrected chi connectivity index (χ3v) is 8.54. The molecule has 8 heteroatoms. The SMILES string of the molecule is CC1(C(=O)NCc2ccc3c(c2)OCO3)CCN(S(=O)(=O)c2ccc(C(C)(C)C)cc2)CC1. The van der Waals surface area contributed by atoms with Crippen LogP contribution in [0.4, 0.5) is 0 Å². The first-order valence-corrected chi connectivity index (χ1v) is 12.7. The van der Waals surface area contributed by atoms with Crippen molar-refractivity contribution in [3.63, 3.8) is 0 Å². The highest BCUT2D eigenvalue weighted by atomic mass is 32.2. The molecule has 1 amide bonds. The Labute approximate surface area is 196 Å². The first-order chi connectivity index (χ1) is 15.5. The Hall–Kier alpha value is -2.58. The fraction of sp³-hybridized carbons (Fsp3) is 0.480. The zero-order valence-electron chi connectivity index (χ0n) is 19.7. The van der Waals surface area contributed by atoms with Gasteiger partial charge < -0.3 is 14.8 Å². The first kappa shape index (κ1) is 23.6. The third-order valence-electron chi connectivity index (χ3n) is 6.62. The molecule has 1 fully saturated rings. The number of amides is 1. The van der Waals surface area contributed by atoms with Crippen molar-refractivity contribution in [2.45, 2.75) is 57.4 Å². The number of carbonyl (C=O) groups excluding carboxylic acids is 1. The van der Waals surface area contributed by atoms with Crippen molar-refractivity contribution in [3.8, 4) is 11.5 Å². The Kier molecular flexibility index (Phi) is 6.18. The number of rotatable bonds is 5. The molecule has 0 aliphatic carbocycles. The van der Waals surface area contributed by atoms with E-state index in [1.54, 1.807) is 12.1 Å². The van der Waals surface area contributed by atoms with Crippen LogP contribution in [0.3, 0.4) is 0 Å². The van der Waals surface area contributed by atoms with Crippen LogP contribution in [0.15, 0.2) is 47.4 Å². The number of piperidine rings is 1. The van der Waals surface area contributed by atoms with Crippen LogP contribution >= 0.6 is 0 Å². The lowest BCUT2D eigenvalue weighted by Gasteiger charge is -2.37. The van der Waals surface area contributed by atoms with E-state index < -0.39 is 15.4 Å². The molecule has 4 rings (SSSR count). The molecule has 178 valence electrons. The monoisotopic (exact) mass is 472 g/mol. The summed E-state index contributed by atoms with van der Waals surface area (Å²) in [4.78, 5) is 13.2. The van der Waals surface area contributed by atoms with Crippen LogP contribution < -0.4 is 14.8 Å². The smallest absolute Gasteiger partial charge is 0.243 e. The fourth-order valence-corrected chi connectivity index (χ4v) is 5.61. The molecule has 7 nitrogen and oxygen atoms in total. The molecule has 2 aliphatic heterocycles. The second-order valence-electron chi connectivity index (χ2n) is 10.1. The van der Waals surface area contributed by atoms with Gasteiger partial charge in [-0.25, -0.2) is 8.42 Å². The molecule has 0 radical (unpaired) electrons. The van der Waals surface area contributed by atoms with Gasteiger partial charge in [-0.05, 0) is 53.6 Å². The van der Waals surface area contributed by atoms with Crippen molar-refractivity contribution < 1.29 is 22.7 Å². The van der Waals surface area contributed by atoms with Crippen molar-refractivity contribution in [2.75, 3.05) is 19.9 Å². The topological polar surface area (TPSA) is 84.9 Å². The highest BCUT2D eigenvalue weighted by molar-refractivity contribution is 7.89. The Morgan fingerprint density at radius 1 is 1.03 bits per heavy atom. The summed E-state index contributed by atoms with van der Waals surface area (Å²) in [6.45, 7) is 9.42. The summed E-state index contributed by atoms with van der Waals surface area (Å²) in [6, 6.07) is 12.7. The molecule has 33 heavy (non-hydrogen) atoms. The third kappa shape index (κ3) is 4.87. The quantitative estimate of drug-likeness (QED) is 0.715. The lowest BCUT2D eigenvalue weighted by molar-refractivity contribution is -0.132. The average molecular weight is 473 g/mol. The molecular weight excluding hydrogens is 440 g/mol. The average Bonchev–Trinajstić information content (AvgIpc) is 3.25. The van der Waals surface area contributed by atoms with Crippen LogP contribution in [-0.4, -0.2) is 38.5 Å². The van der Waals surface area contributed by atoms with Crippen LogP contribution in [0.25, 0.3) is 0 Å². The van der Waals surface area contributed by atoms with Gasteiger partial charge in [-0.15, -0.1) is 0 Å². The molecule has 0 saturated carbocycles. The van der Waals surface area contributed by atoms with E-state index in [1.165, 1.54) is 4.31 Å². The van der Waals surface area contributed by atoms with Crippen molar-refractivity contribution in [3.05, 3.63) is 53.6 Å². The Bertz CT molecular complexity index is 1130. The number of nitrogens with one attached hydrogen (secondary N) is 1. The number of nitrogens with zero attached hydrogens (tertiary/aromatic N) is 1. The maximum absolute atomic E-state index is 13.1. The molecule has 2 aliphatic rings. The van der Waals surface area contributed by atoms with Crippen LogP contribution in [0.1, 0.15) is 51.7 Å². The van der Waals surface area contributed by atoms with Crippen molar-refractivity contribution >= 4 is 15.9 Å². The minimum Gasteiger partial charge on any atom is -0.454 e. The van der Waals surface area contributed by atoms with E-state index in [2.05, 4.69) is 26.1 Å². The molecule has 2 aromatic rings. The second-order valence-corrected chi connectivity index (χ2v) is 12.0. The standard InChI is InChI=1S/C25H32N2O5S/c1-24(2,3)19-6-8-20(9-7-19)33(29,30)27-13-11-25(4,12-14-27)23(28)26-16-18-5-10-21-22(15-18)32-17-31-21/h5-10,15H,11-14,16-17H2,1-4H3,(H,26,28). The normalized spacial score (nSPS) is 18.2. The zero-order chi connectivity index (χ0) is 23.9. The summed E-state index contributed by atoms with van der Waals surface area (Å²) in [7, 11) is -3.59. The van der Waals surface area contributed by atoms with Crippen molar-refractivity contribution in [1.29, 1.82) is 0 Å². The predicted molar refractivity (Wildman–Crippen MR) is 126 cm³/mol. The van der Waals surface area contributed by atoms with Crippen LogP contribution in [0, 0.1) is 5.41 Å². The van der Waals surface area contributed by atoms with Crippen LogP contribution in [-0.2, 0) is 26.8 Å². The summed E-state index contributed by atoms with van der Waals surface area (Å²) in [5.41, 5.74) is 1.36. The zero-order valence-corrected chi connectivity index (χ0v) is 20.5. The van der Waals surface area contributed by atoms with Crippen LogP contribution in [0.2, 0.25) is 0 Å². The van der Waals surface area contributed by atoms with Gasteiger partial charge in [0, 0.05) is 25.0 Å². The van der Waals surface area contributed by atoms with Crippen molar-refractivity contribution in [2.24, 2.45) is 5.41 Å². The Morgan fingerprint density at radius 2 is 1.67 bits per heavy atom. The molecule has 2 heterocycles. The number of hydrogen-bond acceptors (Lipinski definition) is 5. The molecule has 0 spiro atoms. The molecule has 2 aromatic carbocycles. The second kappa shape index (κ2) is 8.65. The first-order valence-electron chi connectivity index (χ1n) is 11.3. The molecular formula is C25H32N2O5S. The molecule has 0 bridgehead atoms. The molecule has 0 atom stereocenters. The largest absolute Gasteiger partial charge is 0.454 e. The summed E-state index contributed by atoms with van der Waals surface area (Å²) in [5.74, 6) is 1.33. The number of fused-ring (bicyclic) bond motifs is 1. The van der Waals surface area contributed by atoms with E-state index in [-0.39, 0.29) is 18.1 Å². The van der Waals surface area contributed by atoms with Crippen LogP contribution in [0.5, 0.6) is 11.5 Å². The van der Waals surface area contributed by atoms with E-state index in [0.717, 1.165) is 11.1 Å².